The van der Waals surface area contributed by atoms with E-state index in [0.29, 0.717) is 11.8 Å². The smallest absolute Gasteiger partial charge is 0.192 e. The topological polar surface area (TPSA) is 53.3 Å². The van der Waals surface area contributed by atoms with Gasteiger partial charge in [-0.3, -0.25) is 0 Å². The molecular formula is C17H28N4OS. The van der Waals surface area contributed by atoms with Crippen LogP contribution in [0.3, 0.4) is 0 Å². The quantitative estimate of drug-likeness (QED) is 0.393. The number of rotatable bonds is 10. The van der Waals surface area contributed by atoms with Gasteiger partial charge < -0.3 is 9.73 Å². The van der Waals surface area contributed by atoms with E-state index in [2.05, 4.69) is 46.1 Å². The Kier molecular flexibility index (Phi) is 7.36. The van der Waals surface area contributed by atoms with Gasteiger partial charge in [0.05, 0.1) is 0 Å². The Hall–Kier alpha value is -1.08. The van der Waals surface area contributed by atoms with E-state index in [1.165, 1.54) is 6.42 Å². The molecule has 0 fully saturated rings. The van der Waals surface area contributed by atoms with Gasteiger partial charge in [0.1, 0.15) is 5.52 Å². The maximum absolute atomic E-state index is 5.52. The first kappa shape index (κ1) is 18.3. The summed E-state index contributed by atoms with van der Waals surface area (Å²) >= 11 is 1.64. The maximum Gasteiger partial charge on any atom is 0.192 e. The number of fused-ring (bicyclic) bond motifs is 1. The zero-order chi connectivity index (χ0) is 16.7. The molecule has 0 aliphatic carbocycles. The number of benzene rings is 1. The lowest BCUT2D eigenvalue weighted by molar-refractivity contribution is 0.232. The molecule has 128 valence electrons. The summed E-state index contributed by atoms with van der Waals surface area (Å²) in [5.41, 5.74) is 1.76. The van der Waals surface area contributed by atoms with E-state index in [9.17, 15) is 0 Å². The standard InChI is InChI=1S/C17H28N4OS/c1-13(2)8-11-21(10-5-9-18-4)20-23-15-6-7-17-16(12-15)19-14(3)22-17/h6-7,12-13,18,20H,5,8-11H2,1-4H3. The number of hydrogen-bond acceptors (Lipinski definition) is 6. The summed E-state index contributed by atoms with van der Waals surface area (Å²) in [4.78, 5) is 9.02. The first-order chi connectivity index (χ1) is 11.1. The van der Waals surface area contributed by atoms with Crippen LogP contribution < -0.4 is 10.1 Å². The SMILES string of the molecule is CNCCCN(CCC(C)C)NSc1ccc2oc(C)nc2c1. The number of nitrogens with one attached hydrogen (secondary N) is 2. The Balaban J connectivity index is 1.91. The lowest BCUT2D eigenvalue weighted by Gasteiger charge is -2.23. The van der Waals surface area contributed by atoms with E-state index in [0.717, 1.165) is 42.1 Å². The van der Waals surface area contributed by atoms with Crippen LogP contribution in [-0.4, -0.2) is 36.7 Å². The van der Waals surface area contributed by atoms with Crippen molar-refractivity contribution in [1.29, 1.82) is 0 Å². The highest BCUT2D eigenvalue weighted by molar-refractivity contribution is 7.97. The maximum atomic E-state index is 5.52. The zero-order valence-corrected chi connectivity index (χ0v) is 15.4. The molecule has 0 aliphatic rings. The monoisotopic (exact) mass is 336 g/mol. The second kappa shape index (κ2) is 9.27. The van der Waals surface area contributed by atoms with Crippen molar-refractivity contribution >= 4 is 23.0 Å². The van der Waals surface area contributed by atoms with Gasteiger partial charge in [0.25, 0.3) is 0 Å². The second-order valence-corrected chi connectivity index (χ2v) is 7.04. The Morgan fingerprint density at radius 2 is 2.13 bits per heavy atom. The molecule has 1 aromatic carbocycles. The number of hydrazine groups is 1. The molecule has 6 heteroatoms. The van der Waals surface area contributed by atoms with Gasteiger partial charge in [0.2, 0.25) is 0 Å². The minimum absolute atomic E-state index is 0.709. The molecular weight excluding hydrogens is 308 g/mol. The van der Waals surface area contributed by atoms with E-state index < -0.39 is 0 Å². The van der Waals surface area contributed by atoms with Crippen LogP contribution in [0, 0.1) is 12.8 Å². The van der Waals surface area contributed by atoms with Gasteiger partial charge >= 0.3 is 0 Å². The Bertz CT molecular complexity index is 599. The molecule has 1 heterocycles. The van der Waals surface area contributed by atoms with E-state index in [1.54, 1.807) is 11.9 Å². The van der Waals surface area contributed by atoms with Gasteiger partial charge in [-0.2, -0.15) is 4.83 Å². The van der Waals surface area contributed by atoms with Crippen molar-refractivity contribution in [2.75, 3.05) is 26.7 Å². The number of oxazole rings is 1. The molecule has 0 aliphatic heterocycles. The highest BCUT2D eigenvalue weighted by Crippen LogP contribution is 2.22. The summed E-state index contributed by atoms with van der Waals surface area (Å²) in [5.74, 6) is 1.42. The lowest BCUT2D eigenvalue weighted by Crippen LogP contribution is -2.36. The predicted molar refractivity (Wildman–Crippen MR) is 97.3 cm³/mol. The molecule has 0 bridgehead atoms. The second-order valence-electron chi connectivity index (χ2n) is 6.18. The van der Waals surface area contributed by atoms with Crippen LogP contribution >= 0.6 is 11.9 Å². The molecule has 23 heavy (non-hydrogen) atoms. The van der Waals surface area contributed by atoms with Crippen molar-refractivity contribution in [3.8, 4) is 0 Å². The van der Waals surface area contributed by atoms with Gasteiger partial charge in [-0.1, -0.05) is 13.8 Å². The first-order valence-electron chi connectivity index (χ1n) is 8.27. The molecule has 5 nitrogen and oxygen atoms in total. The van der Waals surface area contributed by atoms with Crippen molar-refractivity contribution in [2.24, 2.45) is 5.92 Å². The predicted octanol–water partition coefficient (Wildman–Crippen LogP) is 3.61. The molecule has 2 rings (SSSR count). The van der Waals surface area contributed by atoms with Crippen LogP contribution in [0.5, 0.6) is 0 Å². The minimum Gasteiger partial charge on any atom is -0.441 e. The Morgan fingerprint density at radius 3 is 2.87 bits per heavy atom. The van der Waals surface area contributed by atoms with Crippen LogP contribution in [-0.2, 0) is 0 Å². The third kappa shape index (κ3) is 6.14. The number of aryl methyl sites for hydroxylation is 1. The molecule has 0 radical (unpaired) electrons. The summed E-state index contributed by atoms with van der Waals surface area (Å²) in [6, 6.07) is 6.12. The zero-order valence-electron chi connectivity index (χ0n) is 14.6. The molecule has 0 saturated heterocycles. The molecule has 2 N–H and O–H groups in total. The van der Waals surface area contributed by atoms with Crippen LogP contribution in [0.25, 0.3) is 11.1 Å². The fraction of sp³-hybridized carbons (Fsp3) is 0.588. The van der Waals surface area contributed by atoms with Gasteiger partial charge in [-0.25, -0.2) is 9.99 Å². The third-order valence-electron chi connectivity index (χ3n) is 3.59. The highest BCUT2D eigenvalue weighted by atomic mass is 32.2. The summed E-state index contributed by atoms with van der Waals surface area (Å²) in [6.07, 6.45) is 2.32. The molecule has 2 aromatic rings. The normalized spacial score (nSPS) is 11.9. The number of nitrogens with zero attached hydrogens (tertiary/aromatic N) is 2. The van der Waals surface area contributed by atoms with Gasteiger partial charge in [0, 0.05) is 24.9 Å². The fourth-order valence-electron chi connectivity index (χ4n) is 2.27. The van der Waals surface area contributed by atoms with Gasteiger partial charge in [-0.05, 0) is 62.5 Å². The summed E-state index contributed by atoms with van der Waals surface area (Å²) in [5, 5.41) is 5.51. The van der Waals surface area contributed by atoms with Crippen molar-refractivity contribution in [3.63, 3.8) is 0 Å². The summed E-state index contributed by atoms with van der Waals surface area (Å²) in [7, 11) is 2.00. The average Bonchev–Trinajstić information content (AvgIpc) is 2.88. The Morgan fingerprint density at radius 1 is 1.30 bits per heavy atom. The van der Waals surface area contributed by atoms with Crippen molar-refractivity contribution in [3.05, 3.63) is 24.1 Å². The fourth-order valence-corrected chi connectivity index (χ4v) is 2.99. The van der Waals surface area contributed by atoms with E-state index in [1.807, 2.05) is 20.0 Å². The third-order valence-corrected chi connectivity index (χ3v) is 4.43. The van der Waals surface area contributed by atoms with Crippen molar-refractivity contribution in [1.82, 2.24) is 20.1 Å². The number of aromatic nitrogens is 1. The molecule has 0 amide bonds. The molecule has 1 aromatic heterocycles. The molecule has 0 atom stereocenters. The summed E-state index contributed by atoms with van der Waals surface area (Å²) < 4.78 is 5.52. The average molecular weight is 337 g/mol. The van der Waals surface area contributed by atoms with Crippen LogP contribution in [0.4, 0.5) is 0 Å². The van der Waals surface area contributed by atoms with Crippen LogP contribution in [0.1, 0.15) is 32.6 Å². The van der Waals surface area contributed by atoms with Crippen molar-refractivity contribution < 1.29 is 4.42 Å². The van der Waals surface area contributed by atoms with E-state index in [4.69, 9.17) is 4.42 Å². The van der Waals surface area contributed by atoms with Crippen LogP contribution in [0.2, 0.25) is 0 Å². The molecule has 0 saturated carbocycles. The first-order valence-corrected chi connectivity index (χ1v) is 9.09. The molecule has 0 spiro atoms. The number of hydrogen-bond donors (Lipinski definition) is 2. The lowest BCUT2D eigenvalue weighted by atomic mass is 10.1. The van der Waals surface area contributed by atoms with E-state index in [-0.39, 0.29) is 0 Å². The van der Waals surface area contributed by atoms with Gasteiger partial charge in [-0.15, -0.1) is 0 Å². The largest absolute Gasteiger partial charge is 0.441 e. The van der Waals surface area contributed by atoms with E-state index >= 15 is 0 Å². The summed E-state index contributed by atoms with van der Waals surface area (Å²) in [6.45, 7) is 9.53. The molecule has 0 unspecified atom stereocenters. The highest BCUT2D eigenvalue weighted by Gasteiger charge is 2.08. The van der Waals surface area contributed by atoms with Crippen molar-refractivity contribution in [2.45, 2.75) is 38.5 Å². The Labute approximate surface area is 143 Å². The van der Waals surface area contributed by atoms with Crippen LogP contribution in [0.15, 0.2) is 27.5 Å². The minimum atomic E-state index is 0.709. The van der Waals surface area contributed by atoms with Gasteiger partial charge in [0.15, 0.2) is 11.5 Å².